The van der Waals surface area contributed by atoms with E-state index in [1.54, 1.807) is 4.31 Å². The van der Waals surface area contributed by atoms with Crippen molar-refractivity contribution in [2.75, 3.05) is 26.7 Å². The van der Waals surface area contributed by atoms with E-state index in [2.05, 4.69) is 4.90 Å². The Morgan fingerprint density at radius 2 is 2.10 bits per heavy atom. The van der Waals surface area contributed by atoms with Crippen molar-refractivity contribution >= 4 is 21.6 Å². The lowest BCUT2D eigenvalue weighted by molar-refractivity contribution is 0.281. The van der Waals surface area contributed by atoms with Crippen molar-refractivity contribution in [3.63, 3.8) is 0 Å². The minimum atomic E-state index is -3.57. The molecule has 1 fully saturated rings. The molecule has 21 heavy (non-hydrogen) atoms. The predicted molar refractivity (Wildman–Crippen MR) is 82.8 cm³/mol. The predicted octanol–water partition coefficient (Wildman–Crippen LogP) is 1.55. The zero-order chi connectivity index (χ0) is 15.6. The Kier molecular flexibility index (Phi) is 5.27. The molecule has 0 bridgehead atoms. The first-order valence-corrected chi connectivity index (χ1v) is 8.77. The Hall–Kier alpha value is -0.660. The lowest BCUT2D eigenvalue weighted by Gasteiger charge is -2.27. The molecule has 0 aliphatic carbocycles. The third kappa shape index (κ3) is 3.57. The SMILES string of the molecule is CC1CN(C)CCCN1S(=O)(=O)c1ccc(Cl)c(CO)c1. The molecular formula is C14H21ClN2O3S. The molecule has 2 rings (SSSR count). The Morgan fingerprint density at radius 1 is 1.38 bits per heavy atom. The fourth-order valence-electron chi connectivity index (χ4n) is 2.68. The third-order valence-electron chi connectivity index (χ3n) is 3.78. The average molecular weight is 333 g/mol. The van der Waals surface area contributed by atoms with Crippen molar-refractivity contribution in [1.82, 2.24) is 9.21 Å². The molecule has 1 aromatic rings. The number of hydrogen-bond donors (Lipinski definition) is 1. The zero-order valence-corrected chi connectivity index (χ0v) is 13.9. The van der Waals surface area contributed by atoms with E-state index in [9.17, 15) is 13.5 Å². The second kappa shape index (κ2) is 6.62. The van der Waals surface area contributed by atoms with Crippen LogP contribution >= 0.6 is 11.6 Å². The maximum absolute atomic E-state index is 12.8. The molecule has 1 aliphatic heterocycles. The topological polar surface area (TPSA) is 60.9 Å². The van der Waals surface area contributed by atoms with Crippen LogP contribution in [0.25, 0.3) is 0 Å². The van der Waals surface area contributed by atoms with Crippen molar-refractivity contribution in [3.8, 4) is 0 Å². The molecule has 1 unspecified atom stereocenters. The van der Waals surface area contributed by atoms with Gasteiger partial charge in [-0.2, -0.15) is 4.31 Å². The van der Waals surface area contributed by atoms with Gasteiger partial charge >= 0.3 is 0 Å². The van der Waals surface area contributed by atoms with Gasteiger partial charge in [-0.25, -0.2) is 8.42 Å². The van der Waals surface area contributed by atoms with E-state index >= 15 is 0 Å². The summed E-state index contributed by atoms with van der Waals surface area (Å²) in [6.45, 7) is 3.74. The third-order valence-corrected chi connectivity index (χ3v) is 6.16. The average Bonchev–Trinajstić information content (AvgIpc) is 2.59. The van der Waals surface area contributed by atoms with Crippen LogP contribution in [0, 0.1) is 0 Å². The summed E-state index contributed by atoms with van der Waals surface area (Å²) >= 11 is 5.93. The molecule has 7 heteroatoms. The smallest absolute Gasteiger partial charge is 0.243 e. The first-order valence-electron chi connectivity index (χ1n) is 6.96. The van der Waals surface area contributed by atoms with Gasteiger partial charge in [-0.05, 0) is 50.7 Å². The normalized spacial score (nSPS) is 22.2. The quantitative estimate of drug-likeness (QED) is 0.912. The molecule has 1 heterocycles. The summed E-state index contributed by atoms with van der Waals surface area (Å²) in [4.78, 5) is 2.33. The minimum Gasteiger partial charge on any atom is -0.392 e. The summed E-state index contributed by atoms with van der Waals surface area (Å²) < 4.78 is 27.2. The maximum Gasteiger partial charge on any atom is 0.243 e. The first-order chi connectivity index (χ1) is 9.86. The van der Waals surface area contributed by atoms with E-state index in [-0.39, 0.29) is 17.5 Å². The molecule has 1 N–H and O–H groups in total. The summed E-state index contributed by atoms with van der Waals surface area (Å²) in [7, 11) is -1.57. The monoisotopic (exact) mass is 332 g/mol. The van der Waals surface area contributed by atoms with E-state index in [4.69, 9.17) is 11.6 Å². The maximum atomic E-state index is 12.8. The largest absolute Gasteiger partial charge is 0.392 e. The molecule has 1 saturated heterocycles. The molecule has 0 aromatic heterocycles. The molecule has 0 saturated carbocycles. The highest BCUT2D eigenvalue weighted by molar-refractivity contribution is 7.89. The highest BCUT2D eigenvalue weighted by Crippen LogP contribution is 2.25. The fraction of sp³-hybridized carbons (Fsp3) is 0.571. The molecule has 1 atom stereocenters. The van der Waals surface area contributed by atoms with Gasteiger partial charge in [-0.15, -0.1) is 0 Å². The van der Waals surface area contributed by atoms with Crippen LogP contribution in [-0.4, -0.2) is 55.5 Å². The number of likely N-dealkylation sites (N-methyl/N-ethyl adjacent to an activating group) is 1. The Bertz CT molecular complexity index is 606. The molecule has 5 nitrogen and oxygen atoms in total. The second-order valence-corrected chi connectivity index (χ2v) is 7.79. The highest BCUT2D eigenvalue weighted by Gasteiger charge is 2.31. The summed E-state index contributed by atoms with van der Waals surface area (Å²) in [6, 6.07) is 4.39. The minimum absolute atomic E-state index is 0.0873. The number of sulfonamides is 1. The van der Waals surface area contributed by atoms with Gasteiger partial charge in [0.1, 0.15) is 0 Å². The van der Waals surface area contributed by atoms with Crippen LogP contribution in [0.5, 0.6) is 0 Å². The Morgan fingerprint density at radius 3 is 2.76 bits per heavy atom. The number of hydrogen-bond acceptors (Lipinski definition) is 4. The van der Waals surface area contributed by atoms with Crippen molar-refractivity contribution in [3.05, 3.63) is 28.8 Å². The lowest BCUT2D eigenvalue weighted by atomic mass is 10.2. The summed E-state index contributed by atoms with van der Waals surface area (Å²) in [5.74, 6) is 0. The van der Waals surface area contributed by atoms with Crippen LogP contribution in [0.15, 0.2) is 23.1 Å². The second-order valence-electron chi connectivity index (χ2n) is 5.49. The van der Waals surface area contributed by atoms with Gasteiger partial charge in [0.25, 0.3) is 0 Å². The number of aliphatic hydroxyl groups excluding tert-OH is 1. The molecule has 0 amide bonds. The Labute approximate surface area is 131 Å². The highest BCUT2D eigenvalue weighted by atomic mass is 35.5. The molecule has 0 spiro atoms. The molecule has 1 aromatic carbocycles. The van der Waals surface area contributed by atoms with Gasteiger partial charge in [0.2, 0.25) is 10.0 Å². The van der Waals surface area contributed by atoms with E-state index in [0.29, 0.717) is 23.7 Å². The number of rotatable bonds is 3. The van der Waals surface area contributed by atoms with Crippen LogP contribution in [-0.2, 0) is 16.6 Å². The number of nitrogens with zero attached hydrogens (tertiary/aromatic N) is 2. The van der Waals surface area contributed by atoms with Crippen LogP contribution in [0.2, 0.25) is 5.02 Å². The van der Waals surface area contributed by atoms with Gasteiger partial charge in [-0.1, -0.05) is 11.6 Å². The fourth-order valence-corrected chi connectivity index (χ4v) is 4.56. The zero-order valence-electron chi connectivity index (χ0n) is 12.3. The number of aliphatic hydroxyl groups is 1. The van der Waals surface area contributed by atoms with Gasteiger partial charge in [0.05, 0.1) is 11.5 Å². The van der Waals surface area contributed by atoms with Crippen LogP contribution in [0.4, 0.5) is 0 Å². The van der Waals surface area contributed by atoms with Gasteiger partial charge in [-0.3, -0.25) is 0 Å². The van der Waals surface area contributed by atoms with Crippen molar-refractivity contribution in [2.45, 2.75) is 30.9 Å². The van der Waals surface area contributed by atoms with E-state index in [1.165, 1.54) is 18.2 Å². The van der Waals surface area contributed by atoms with Crippen molar-refractivity contribution < 1.29 is 13.5 Å². The van der Waals surface area contributed by atoms with E-state index < -0.39 is 10.0 Å². The van der Waals surface area contributed by atoms with Crippen molar-refractivity contribution in [2.24, 2.45) is 0 Å². The van der Waals surface area contributed by atoms with Crippen LogP contribution in [0.1, 0.15) is 18.9 Å². The Balaban J connectivity index is 2.36. The van der Waals surface area contributed by atoms with Crippen molar-refractivity contribution in [1.29, 1.82) is 0 Å². The number of halogens is 1. The molecular weight excluding hydrogens is 312 g/mol. The van der Waals surface area contributed by atoms with Crippen LogP contribution in [0.3, 0.4) is 0 Å². The van der Waals surface area contributed by atoms with E-state index in [1.807, 2.05) is 14.0 Å². The molecule has 118 valence electrons. The van der Waals surface area contributed by atoms with Crippen LogP contribution < -0.4 is 0 Å². The summed E-state index contributed by atoms with van der Waals surface area (Å²) in [5, 5.41) is 9.63. The lowest BCUT2D eigenvalue weighted by Crippen LogP contribution is -2.41. The first kappa shape index (κ1) is 16.7. The van der Waals surface area contributed by atoms with E-state index in [0.717, 1.165) is 13.0 Å². The number of benzene rings is 1. The summed E-state index contributed by atoms with van der Waals surface area (Å²) in [5.41, 5.74) is 0.428. The molecule has 0 radical (unpaired) electrons. The summed E-state index contributed by atoms with van der Waals surface area (Å²) in [6.07, 6.45) is 0.806. The van der Waals surface area contributed by atoms with Gasteiger partial charge in [0, 0.05) is 24.2 Å². The standard InChI is InChI=1S/C14H21ClN2O3S/c1-11-9-16(2)6-3-7-17(11)21(19,20)13-4-5-14(15)12(8-13)10-18/h4-5,8,11,18H,3,6-7,9-10H2,1-2H3. The van der Waals surface area contributed by atoms with Gasteiger partial charge < -0.3 is 10.0 Å². The molecule has 1 aliphatic rings. The van der Waals surface area contributed by atoms with Gasteiger partial charge in [0.15, 0.2) is 0 Å².